The lowest BCUT2D eigenvalue weighted by atomic mass is 9.80. The zero-order valence-corrected chi connectivity index (χ0v) is 16.5. The highest BCUT2D eigenvalue weighted by Gasteiger charge is 2.53. The monoisotopic (exact) mass is 387 g/mol. The Bertz CT molecular complexity index is 798. The van der Waals surface area contributed by atoms with Crippen LogP contribution in [0.4, 0.5) is 0 Å². The summed E-state index contributed by atoms with van der Waals surface area (Å²) < 4.78 is 22.1. The molecule has 2 atom stereocenters. The average Bonchev–Trinajstić information content (AvgIpc) is 3.05. The van der Waals surface area contributed by atoms with E-state index in [-0.39, 0.29) is 12.8 Å². The topological polar surface area (TPSA) is 83.4 Å². The molecule has 0 saturated carbocycles. The van der Waals surface area contributed by atoms with Gasteiger partial charge < -0.3 is 23.7 Å². The maximum absolute atomic E-state index is 12.0. The summed E-state index contributed by atoms with van der Waals surface area (Å²) in [6.07, 6.45) is 9.91. The van der Waals surface area contributed by atoms with E-state index in [9.17, 15) is 9.70 Å². The third kappa shape index (κ3) is 3.93. The molecular formula is C21H25NO6. The second kappa shape index (κ2) is 9.73. The fourth-order valence-electron chi connectivity index (χ4n) is 3.40. The Hall–Kier alpha value is -3.09. The van der Waals surface area contributed by atoms with E-state index in [1.165, 1.54) is 27.6 Å². The van der Waals surface area contributed by atoms with Gasteiger partial charge >= 0.3 is 0 Å². The molecule has 7 nitrogen and oxygen atoms in total. The van der Waals surface area contributed by atoms with Crippen LogP contribution >= 0.6 is 0 Å². The Kier molecular flexibility index (Phi) is 7.37. The van der Waals surface area contributed by atoms with Crippen molar-refractivity contribution in [2.45, 2.75) is 31.4 Å². The molecule has 1 aromatic carbocycles. The maximum Gasteiger partial charge on any atom is 0.168 e. The fourth-order valence-corrected chi connectivity index (χ4v) is 3.40. The van der Waals surface area contributed by atoms with Gasteiger partial charge in [-0.2, -0.15) is 0 Å². The van der Waals surface area contributed by atoms with Crippen molar-refractivity contribution in [2.75, 3.05) is 21.3 Å². The molecule has 150 valence electrons. The van der Waals surface area contributed by atoms with E-state index in [0.29, 0.717) is 28.4 Å². The summed E-state index contributed by atoms with van der Waals surface area (Å²) in [7, 11) is 4.58. The van der Waals surface area contributed by atoms with Crippen molar-refractivity contribution in [3.8, 4) is 17.2 Å². The van der Waals surface area contributed by atoms with Crippen LogP contribution in [0.1, 0.15) is 31.4 Å². The minimum Gasteiger partial charge on any atom is -0.504 e. The predicted molar refractivity (Wildman–Crippen MR) is 106 cm³/mol. The smallest absolute Gasteiger partial charge is 0.168 e. The number of ether oxygens (including phenoxy) is 4. The van der Waals surface area contributed by atoms with Crippen molar-refractivity contribution in [1.29, 1.82) is 0 Å². The third-order valence-electron chi connectivity index (χ3n) is 4.60. The molecule has 7 heteroatoms. The number of rotatable bonds is 10. The van der Waals surface area contributed by atoms with Gasteiger partial charge in [-0.25, -0.2) is 0 Å². The summed E-state index contributed by atoms with van der Waals surface area (Å²) >= 11 is 0. The Morgan fingerprint density at radius 3 is 2.64 bits per heavy atom. The number of methoxy groups -OCH3 is 3. The molecule has 1 aliphatic rings. The lowest BCUT2D eigenvalue weighted by Gasteiger charge is -2.32. The molecule has 0 radical (unpaired) electrons. The fraction of sp³-hybridized carbons (Fsp3) is 0.381. The van der Waals surface area contributed by atoms with Crippen LogP contribution in [0.15, 0.2) is 53.4 Å². The van der Waals surface area contributed by atoms with Gasteiger partial charge in [0.2, 0.25) is 0 Å². The number of carbonyl (C=O) groups excluding carboxylic acids is 1. The molecule has 1 aromatic rings. The van der Waals surface area contributed by atoms with Crippen LogP contribution in [0.3, 0.4) is 0 Å². The summed E-state index contributed by atoms with van der Waals surface area (Å²) in [6, 6.07) is 2.47. The molecule has 1 aliphatic heterocycles. The number of fused-ring (bicyclic) bond motifs is 1. The molecule has 28 heavy (non-hydrogen) atoms. The molecule has 0 saturated heterocycles. The maximum atomic E-state index is 12.0. The van der Waals surface area contributed by atoms with Gasteiger partial charge in [0.1, 0.15) is 23.5 Å². The first-order chi connectivity index (χ1) is 13.6. The number of carbonyl (C=O) groups is 1. The lowest BCUT2D eigenvalue weighted by Crippen LogP contribution is -2.39. The van der Waals surface area contributed by atoms with E-state index in [1.54, 1.807) is 24.3 Å². The zero-order valence-electron chi connectivity index (χ0n) is 16.5. The molecular weight excluding hydrogens is 362 g/mol. The first kappa shape index (κ1) is 21.2. The minimum atomic E-state index is -1.16. The van der Waals surface area contributed by atoms with Crippen molar-refractivity contribution in [2.24, 2.45) is 5.18 Å². The van der Waals surface area contributed by atoms with Crippen molar-refractivity contribution < 1.29 is 23.7 Å². The van der Waals surface area contributed by atoms with Crippen molar-refractivity contribution in [3.63, 3.8) is 0 Å². The highest BCUT2D eigenvalue weighted by Crippen LogP contribution is 2.55. The number of hydrogen-bond donors (Lipinski definition) is 0. The highest BCUT2D eigenvalue weighted by molar-refractivity contribution is 5.60. The standard InChI is InChI=1S/C21H25NO6/c1-5-8-15(9-6-12-25-2)21(10-7-11-23)20(22-24)19-17(27-4)13-16(26-3)14-18(19)28-21/h5-6,8-9,11-14,20H,7,10H2,1-4H3/b8-5-,12-6+,15-9+. The second-order valence-electron chi connectivity index (χ2n) is 6.13. The van der Waals surface area contributed by atoms with Gasteiger partial charge in [-0.05, 0) is 18.6 Å². The predicted octanol–water partition coefficient (Wildman–Crippen LogP) is 4.28. The zero-order chi connectivity index (χ0) is 20.6. The number of hydrogen-bond acceptors (Lipinski definition) is 7. The normalized spacial score (nSPS) is 21.4. The third-order valence-corrected chi connectivity index (χ3v) is 4.60. The molecule has 0 aromatic heterocycles. The van der Waals surface area contributed by atoms with Crippen molar-refractivity contribution >= 4 is 6.29 Å². The molecule has 0 bridgehead atoms. The van der Waals surface area contributed by atoms with Gasteiger partial charge in [0, 0.05) is 25.0 Å². The molecule has 0 aliphatic carbocycles. The van der Waals surface area contributed by atoms with Crippen LogP contribution in [0, 0.1) is 4.91 Å². The van der Waals surface area contributed by atoms with Crippen LogP contribution in [0.2, 0.25) is 0 Å². The number of allylic oxidation sites excluding steroid dienone is 3. The molecule has 2 rings (SSSR count). The summed E-state index contributed by atoms with van der Waals surface area (Å²) in [6.45, 7) is 1.86. The highest BCUT2D eigenvalue weighted by atomic mass is 16.5. The van der Waals surface area contributed by atoms with Gasteiger partial charge in [-0.1, -0.05) is 23.4 Å². The Balaban J connectivity index is 2.71. The molecule has 2 unspecified atom stereocenters. The summed E-state index contributed by atoms with van der Waals surface area (Å²) in [4.78, 5) is 23.2. The number of nitrogens with zero attached hydrogens (tertiary/aromatic N) is 1. The van der Waals surface area contributed by atoms with Crippen LogP contribution < -0.4 is 14.2 Å². The van der Waals surface area contributed by atoms with E-state index < -0.39 is 11.6 Å². The summed E-state index contributed by atoms with van der Waals surface area (Å²) in [5.74, 6) is 1.42. The van der Waals surface area contributed by atoms with Crippen LogP contribution in [0.5, 0.6) is 17.2 Å². The van der Waals surface area contributed by atoms with Gasteiger partial charge in [-0.3, -0.25) is 0 Å². The van der Waals surface area contributed by atoms with E-state index in [4.69, 9.17) is 18.9 Å². The van der Waals surface area contributed by atoms with Crippen molar-refractivity contribution in [1.82, 2.24) is 0 Å². The molecule has 0 N–H and O–H groups in total. The van der Waals surface area contributed by atoms with Gasteiger partial charge in [0.05, 0.1) is 33.2 Å². The largest absolute Gasteiger partial charge is 0.504 e. The van der Waals surface area contributed by atoms with Crippen molar-refractivity contribution in [3.05, 3.63) is 58.7 Å². The SMILES string of the molecule is C\C=C/C(=C\C=C\OC)C1(CCC=O)Oc2cc(OC)cc(OC)c2C1N=O. The average molecular weight is 387 g/mol. The molecule has 1 heterocycles. The van der Waals surface area contributed by atoms with E-state index >= 15 is 0 Å². The Morgan fingerprint density at radius 1 is 1.29 bits per heavy atom. The van der Waals surface area contributed by atoms with Crippen LogP contribution in [-0.2, 0) is 9.53 Å². The quantitative estimate of drug-likeness (QED) is 0.258. The van der Waals surface area contributed by atoms with E-state index in [0.717, 1.165) is 6.29 Å². The minimum absolute atomic E-state index is 0.197. The number of nitroso groups, excluding NO2 is 1. The van der Waals surface area contributed by atoms with Gasteiger partial charge in [0.25, 0.3) is 0 Å². The van der Waals surface area contributed by atoms with E-state index in [1.807, 2.05) is 19.1 Å². The van der Waals surface area contributed by atoms with Crippen LogP contribution in [-0.4, -0.2) is 33.2 Å². The molecule has 0 spiro atoms. The Morgan fingerprint density at radius 2 is 2.07 bits per heavy atom. The van der Waals surface area contributed by atoms with E-state index in [2.05, 4.69) is 5.18 Å². The first-order valence-corrected chi connectivity index (χ1v) is 8.85. The number of benzene rings is 1. The number of aldehydes is 1. The van der Waals surface area contributed by atoms with Gasteiger partial charge in [0.15, 0.2) is 11.6 Å². The summed E-state index contributed by atoms with van der Waals surface area (Å²) in [5, 5.41) is 3.39. The molecule has 0 fully saturated rings. The summed E-state index contributed by atoms with van der Waals surface area (Å²) in [5.41, 5.74) is 0.0668. The molecule has 0 amide bonds. The Labute approximate surface area is 164 Å². The first-order valence-electron chi connectivity index (χ1n) is 8.85. The van der Waals surface area contributed by atoms with Gasteiger partial charge in [-0.15, -0.1) is 4.91 Å². The van der Waals surface area contributed by atoms with Crippen LogP contribution in [0.25, 0.3) is 0 Å². The lowest BCUT2D eigenvalue weighted by molar-refractivity contribution is -0.108. The second-order valence-corrected chi connectivity index (χ2v) is 6.13.